The van der Waals surface area contributed by atoms with Gasteiger partial charge in [0.1, 0.15) is 0 Å². The molecular formula is C11H21N3O4. The number of hydrogen-bond donors (Lipinski definition) is 3. The molecular weight excluding hydrogens is 238 g/mol. The minimum Gasteiger partial charge on any atom is -0.383 e. The zero-order valence-electron chi connectivity index (χ0n) is 10.7. The Morgan fingerprint density at radius 2 is 2.17 bits per heavy atom. The summed E-state index contributed by atoms with van der Waals surface area (Å²) < 4.78 is 9.94. The molecule has 1 aliphatic heterocycles. The van der Waals surface area contributed by atoms with E-state index < -0.39 is 0 Å². The number of ether oxygens (including phenoxy) is 2. The molecule has 3 amide bonds. The fourth-order valence-corrected chi connectivity index (χ4v) is 1.56. The van der Waals surface area contributed by atoms with Crippen molar-refractivity contribution in [1.82, 2.24) is 16.0 Å². The molecule has 0 aromatic rings. The Morgan fingerprint density at radius 3 is 2.83 bits per heavy atom. The van der Waals surface area contributed by atoms with Gasteiger partial charge in [-0.05, 0) is 6.42 Å². The molecule has 7 heteroatoms. The molecule has 104 valence electrons. The van der Waals surface area contributed by atoms with E-state index in [9.17, 15) is 9.59 Å². The van der Waals surface area contributed by atoms with Crippen LogP contribution in [-0.2, 0) is 14.3 Å². The van der Waals surface area contributed by atoms with Gasteiger partial charge in [0.25, 0.3) is 0 Å². The Morgan fingerprint density at radius 1 is 1.33 bits per heavy atom. The van der Waals surface area contributed by atoms with Crippen LogP contribution in [0.15, 0.2) is 0 Å². The molecule has 1 heterocycles. The molecule has 0 bridgehead atoms. The largest absolute Gasteiger partial charge is 0.383 e. The summed E-state index contributed by atoms with van der Waals surface area (Å²) in [5.74, 6) is -0.100. The Kier molecular flexibility index (Phi) is 7.12. The van der Waals surface area contributed by atoms with Crippen LogP contribution < -0.4 is 16.0 Å². The van der Waals surface area contributed by atoms with Gasteiger partial charge >= 0.3 is 6.03 Å². The van der Waals surface area contributed by atoms with Gasteiger partial charge in [0.2, 0.25) is 5.91 Å². The van der Waals surface area contributed by atoms with Gasteiger partial charge in [0.15, 0.2) is 0 Å². The van der Waals surface area contributed by atoms with Crippen molar-refractivity contribution in [1.29, 1.82) is 0 Å². The average Bonchev–Trinajstić information content (AvgIpc) is 2.82. The van der Waals surface area contributed by atoms with E-state index in [2.05, 4.69) is 16.0 Å². The maximum atomic E-state index is 11.4. The lowest BCUT2D eigenvalue weighted by Crippen LogP contribution is -2.43. The van der Waals surface area contributed by atoms with Gasteiger partial charge in [-0.1, -0.05) is 0 Å². The number of urea groups is 1. The minimum atomic E-state index is -0.254. The summed E-state index contributed by atoms with van der Waals surface area (Å²) in [6.45, 7) is 2.54. The van der Waals surface area contributed by atoms with E-state index in [1.807, 2.05) is 0 Å². The van der Waals surface area contributed by atoms with Gasteiger partial charge in [0.05, 0.1) is 19.3 Å². The van der Waals surface area contributed by atoms with Crippen LogP contribution in [0, 0.1) is 0 Å². The third-order valence-electron chi connectivity index (χ3n) is 2.53. The third-order valence-corrected chi connectivity index (χ3v) is 2.53. The molecule has 1 atom stereocenters. The molecule has 3 N–H and O–H groups in total. The SMILES string of the molecule is COCCNC(=O)CCNC(=O)NC1CCOC1. The van der Waals surface area contributed by atoms with E-state index >= 15 is 0 Å². The highest BCUT2D eigenvalue weighted by molar-refractivity contribution is 5.78. The number of rotatable bonds is 7. The summed E-state index contributed by atoms with van der Waals surface area (Å²) in [4.78, 5) is 22.7. The molecule has 0 spiro atoms. The van der Waals surface area contributed by atoms with Crippen LogP contribution in [0.25, 0.3) is 0 Å². The number of carbonyl (C=O) groups excluding carboxylic acids is 2. The predicted octanol–water partition coefficient (Wildman–Crippen LogP) is -0.773. The highest BCUT2D eigenvalue weighted by Crippen LogP contribution is 2.02. The van der Waals surface area contributed by atoms with Gasteiger partial charge < -0.3 is 25.4 Å². The molecule has 1 saturated heterocycles. The van der Waals surface area contributed by atoms with Crippen molar-refractivity contribution < 1.29 is 19.1 Å². The molecule has 0 aromatic carbocycles. The number of amides is 3. The highest BCUT2D eigenvalue weighted by Gasteiger charge is 2.17. The topological polar surface area (TPSA) is 88.7 Å². The second-order valence-electron chi connectivity index (χ2n) is 4.05. The molecule has 0 aromatic heterocycles. The predicted molar refractivity (Wildman–Crippen MR) is 65.3 cm³/mol. The van der Waals surface area contributed by atoms with Gasteiger partial charge in [-0.2, -0.15) is 0 Å². The summed E-state index contributed by atoms with van der Waals surface area (Å²) in [6, 6.07) is -0.171. The van der Waals surface area contributed by atoms with Crippen molar-refractivity contribution in [2.24, 2.45) is 0 Å². The maximum Gasteiger partial charge on any atom is 0.315 e. The van der Waals surface area contributed by atoms with Crippen LogP contribution in [0.1, 0.15) is 12.8 Å². The first-order valence-electron chi connectivity index (χ1n) is 6.10. The van der Waals surface area contributed by atoms with Crippen molar-refractivity contribution in [3.63, 3.8) is 0 Å². The van der Waals surface area contributed by atoms with E-state index in [0.29, 0.717) is 32.9 Å². The first-order valence-corrected chi connectivity index (χ1v) is 6.10. The molecule has 7 nitrogen and oxygen atoms in total. The van der Waals surface area contributed by atoms with Crippen molar-refractivity contribution in [3.8, 4) is 0 Å². The lowest BCUT2D eigenvalue weighted by Gasteiger charge is -2.11. The lowest BCUT2D eigenvalue weighted by molar-refractivity contribution is -0.121. The van der Waals surface area contributed by atoms with Crippen molar-refractivity contribution in [2.75, 3.05) is 40.0 Å². The molecule has 1 unspecified atom stereocenters. The summed E-state index contributed by atoms with van der Waals surface area (Å²) >= 11 is 0. The molecule has 0 radical (unpaired) electrons. The van der Waals surface area contributed by atoms with Crippen molar-refractivity contribution in [3.05, 3.63) is 0 Å². The van der Waals surface area contributed by atoms with Gasteiger partial charge in [-0.3, -0.25) is 4.79 Å². The standard InChI is InChI=1S/C11H21N3O4/c1-17-7-5-12-10(15)2-4-13-11(16)14-9-3-6-18-8-9/h9H,2-8H2,1H3,(H,12,15)(H2,13,14,16). The number of nitrogens with one attached hydrogen (secondary N) is 3. The molecule has 0 aliphatic carbocycles. The lowest BCUT2D eigenvalue weighted by atomic mass is 10.3. The average molecular weight is 259 g/mol. The maximum absolute atomic E-state index is 11.4. The van der Waals surface area contributed by atoms with Crippen molar-refractivity contribution >= 4 is 11.9 Å². The number of methoxy groups -OCH3 is 1. The Balaban J connectivity index is 1.98. The first kappa shape index (κ1) is 14.7. The number of hydrogen-bond acceptors (Lipinski definition) is 4. The van der Waals surface area contributed by atoms with Gasteiger partial charge in [-0.15, -0.1) is 0 Å². The van der Waals surface area contributed by atoms with E-state index in [-0.39, 0.29) is 24.4 Å². The Hall–Kier alpha value is -1.34. The highest BCUT2D eigenvalue weighted by atomic mass is 16.5. The quantitative estimate of drug-likeness (QED) is 0.524. The van der Waals surface area contributed by atoms with E-state index in [4.69, 9.17) is 9.47 Å². The van der Waals surface area contributed by atoms with Crippen molar-refractivity contribution in [2.45, 2.75) is 18.9 Å². The zero-order valence-corrected chi connectivity index (χ0v) is 10.7. The zero-order chi connectivity index (χ0) is 13.2. The third kappa shape index (κ3) is 6.41. The summed E-state index contributed by atoms with van der Waals surface area (Å²) in [5.41, 5.74) is 0. The molecule has 1 rings (SSSR count). The van der Waals surface area contributed by atoms with Gasteiger partial charge in [0, 0.05) is 33.2 Å². The van der Waals surface area contributed by atoms with Gasteiger partial charge in [-0.25, -0.2) is 4.79 Å². The van der Waals surface area contributed by atoms with Crippen LogP contribution in [0.2, 0.25) is 0 Å². The summed E-state index contributed by atoms with van der Waals surface area (Å²) in [5, 5.41) is 8.09. The first-order chi connectivity index (χ1) is 8.72. The van der Waals surface area contributed by atoms with Crippen LogP contribution in [0.3, 0.4) is 0 Å². The van der Waals surface area contributed by atoms with Crippen LogP contribution in [0.5, 0.6) is 0 Å². The number of carbonyl (C=O) groups is 2. The fraction of sp³-hybridized carbons (Fsp3) is 0.818. The molecule has 0 saturated carbocycles. The molecule has 1 fully saturated rings. The second kappa shape index (κ2) is 8.71. The van der Waals surface area contributed by atoms with E-state index in [1.54, 1.807) is 7.11 Å². The normalized spacial score (nSPS) is 18.4. The molecule has 1 aliphatic rings. The molecule has 18 heavy (non-hydrogen) atoms. The van der Waals surface area contributed by atoms with E-state index in [0.717, 1.165) is 6.42 Å². The van der Waals surface area contributed by atoms with Crippen LogP contribution >= 0.6 is 0 Å². The van der Waals surface area contributed by atoms with Crippen LogP contribution in [-0.4, -0.2) is 58.0 Å². The summed E-state index contributed by atoms with van der Waals surface area (Å²) in [6.07, 6.45) is 1.10. The monoisotopic (exact) mass is 259 g/mol. The van der Waals surface area contributed by atoms with E-state index in [1.165, 1.54) is 0 Å². The fourth-order valence-electron chi connectivity index (χ4n) is 1.56. The Bertz CT molecular complexity index is 267. The smallest absolute Gasteiger partial charge is 0.315 e. The summed E-state index contributed by atoms with van der Waals surface area (Å²) in [7, 11) is 1.57. The van der Waals surface area contributed by atoms with Crippen LogP contribution in [0.4, 0.5) is 4.79 Å². The Labute approximate surface area is 107 Å². The minimum absolute atomic E-state index is 0.0838. The second-order valence-corrected chi connectivity index (χ2v) is 4.05.